The lowest BCUT2D eigenvalue weighted by molar-refractivity contribution is 0.0900. The Morgan fingerprint density at radius 1 is 1.18 bits per heavy atom. The highest BCUT2D eigenvalue weighted by molar-refractivity contribution is 8.13. The fourth-order valence-corrected chi connectivity index (χ4v) is 1.04. The summed E-state index contributed by atoms with van der Waals surface area (Å²) < 4.78 is 32.2. The Bertz CT molecular complexity index is 271. The fourth-order valence-electron chi connectivity index (χ4n) is 0.713. The maximum atomic E-state index is 11.8. The first-order chi connectivity index (χ1) is 8.08. The number of amidine groups is 1. The van der Waals surface area contributed by atoms with Crippen molar-refractivity contribution in [3.8, 4) is 0 Å². The number of alkyl halides is 2. The van der Waals surface area contributed by atoms with Crippen LogP contribution in [0.15, 0.2) is 0 Å². The predicted octanol–water partition coefficient (Wildman–Crippen LogP) is 1.80. The van der Waals surface area contributed by atoms with Crippen LogP contribution in [0.1, 0.15) is 0 Å². The Hall–Kier alpha value is -1.38. The average Bonchev–Trinajstić information content (AvgIpc) is 2.33. The minimum absolute atomic E-state index is 0.260. The van der Waals surface area contributed by atoms with Crippen LogP contribution in [0.3, 0.4) is 0 Å². The maximum absolute atomic E-state index is 11.8. The zero-order valence-electron chi connectivity index (χ0n) is 9.07. The second-order valence-electron chi connectivity index (χ2n) is 2.45. The van der Waals surface area contributed by atoms with Crippen LogP contribution in [0.25, 0.3) is 0 Å². The largest absolute Gasteiger partial charge is 0.446 e. The van der Waals surface area contributed by atoms with E-state index in [1.165, 1.54) is 6.26 Å². The van der Waals surface area contributed by atoms with Crippen molar-refractivity contribution in [2.75, 3.05) is 32.8 Å². The molecule has 0 spiro atoms. The Balaban J connectivity index is 4.57. The van der Waals surface area contributed by atoms with Gasteiger partial charge in [-0.3, -0.25) is 5.41 Å². The molecule has 0 aromatic rings. The smallest absolute Gasteiger partial charge is 0.425 e. The third kappa shape index (κ3) is 5.48. The number of hydrogen-bond acceptors (Lipinski definition) is 6. The number of nitrogens with one attached hydrogen (secondary N) is 1. The van der Waals surface area contributed by atoms with Crippen LogP contribution in [0, 0.1) is 5.41 Å². The van der Waals surface area contributed by atoms with Gasteiger partial charge in [-0.25, -0.2) is 18.4 Å². The first-order valence-corrected chi connectivity index (χ1v) is 5.69. The molecule has 9 heteroatoms. The van der Waals surface area contributed by atoms with E-state index < -0.39 is 43.9 Å². The number of carbonyl (C=O) groups is 2. The molecule has 2 amide bonds. The SMILES string of the molecule is CSC(=N)N(C(=O)OCCF)C(=O)OCCF. The molecular formula is C8H12F2N2O4S. The molecule has 6 nitrogen and oxygen atoms in total. The van der Waals surface area contributed by atoms with E-state index in [9.17, 15) is 18.4 Å². The van der Waals surface area contributed by atoms with Crippen molar-refractivity contribution < 1.29 is 27.8 Å². The van der Waals surface area contributed by atoms with Gasteiger partial charge in [0, 0.05) is 0 Å². The Morgan fingerprint density at radius 2 is 1.59 bits per heavy atom. The minimum Gasteiger partial charge on any atom is -0.446 e. The first-order valence-electron chi connectivity index (χ1n) is 4.46. The lowest BCUT2D eigenvalue weighted by Crippen LogP contribution is -2.41. The van der Waals surface area contributed by atoms with Crippen molar-refractivity contribution in [1.82, 2.24) is 4.90 Å². The van der Waals surface area contributed by atoms with Crippen LogP contribution in [-0.2, 0) is 9.47 Å². The molecule has 17 heavy (non-hydrogen) atoms. The van der Waals surface area contributed by atoms with Crippen molar-refractivity contribution in [2.45, 2.75) is 0 Å². The highest BCUT2D eigenvalue weighted by Gasteiger charge is 2.28. The van der Waals surface area contributed by atoms with Crippen LogP contribution in [0.5, 0.6) is 0 Å². The van der Waals surface area contributed by atoms with E-state index in [1.54, 1.807) is 0 Å². The molecule has 0 aliphatic carbocycles. The fraction of sp³-hybridized carbons (Fsp3) is 0.625. The molecule has 0 saturated heterocycles. The quantitative estimate of drug-likeness (QED) is 0.622. The minimum atomic E-state index is -1.23. The molecule has 0 aliphatic heterocycles. The van der Waals surface area contributed by atoms with Gasteiger partial charge in [0.15, 0.2) is 5.17 Å². The molecular weight excluding hydrogens is 258 g/mol. The number of thioether (sulfide) groups is 1. The van der Waals surface area contributed by atoms with Gasteiger partial charge in [0.1, 0.15) is 26.6 Å². The van der Waals surface area contributed by atoms with Gasteiger partial charge in [-0.15, -0.1) is 0 Å². The molecule has 0 bridgehead atoms. The van der Waals surface area contributed by atoms with E-state index in [0.717, 1.165) is 11.8 Å². The highest BCUT2D eigenvalue weighted by atomic mass is 32.2. The molecule has 0 saturated carbocycles. The van der Waals surface area contributed by atoms with Gasteiger partial charge in [-0.2, -0.15) is 4.90 Å². The van der Waals surface area contributed by atoms with Gasteiger partial charge in [-0.1, -0.05) is 11.8 Å². The monoisotopic (exact) mass is 270 g/mol. The summed E-state index contributed by atoms with van der Waals surface area (Å²) in [5.74, 6) is 0. The van der Waals surface area contributed by atoms with E-state index in [0.29, 0.717) is 0 Å². The van der Waals surface area contributed by atoms with Crippen LogP contribution in [0.2, 0.25) is 0 Å². The lowest BCUT2D eigenvalue weighted by atomic mass is 10.7. The van der Waals surface area contributed by atoms with Crippen LogP contribution in [0.4, 0.5) is 18.4 Å². The third-order valence-electron chi connectivity index (χ3n) is 1.37. The standard InChI is InChI=1S/C8H12F2N2O4S/c1-17-6(11)12(7(13)15-4-2-9)8(14)16-5-3-10/h11H,2-5H2,1H3. The summed E-state index contributed by atoms with van der Waals surface area (Å²) in [6.45, 7) is -2.89. The zero-order valence-corrected chi connectivity index (χ0v) is 9.89. The van der Waals surface area contributed by atoms with Crippen molar-refractivity contribution in [2.24, 2.45) is 0 Å². The van der Waals surface area contributed by atoms with Crippen molar-refractivity contribution in [1.29, 1.82) is 5.41 Å². The predicted molar refractivity (Wildman–Crippen MR) is 57.7 cm³/mol. The van der Waals surface area contributed by atoms with E-state index in [4.69, 9.17) is 5.41 Å². The Morgan fingerprint density at radius 3 is 1.88 bits per heavy atom. The number of carbonyl (C=O) groups excluding carboxylic acids is 2. The molecule has 0 radical (unpaired) electrons. The molecule has 1 N–H and O–H groups in total. The summed E-state index contributed by atoms with van der Waals surface area (Å²) in [4.78, 5) is 22.9. The number of hydrogen-bond donors (Lipinski definition) is 1. The molecule has 0 unspecified atom stereocenters. The highest BCUT2D eigenvalue weighted by Crippen LogP contribution is 2.08. The summed E-state index contributed by atoms with van der Waals surface area (Å²) in [7, 11) is 0. The van der Waals surface area contributed by atoms with Crippen LogP contribution >= 0.6 is 11.8 Å². The summed E-state index contributed by atoms with van der Waals surface area (Å²) >= 11 is 0.777. The van der Waals surface area contributed by atoms with Crippen molar-refractivity contribution >= 4 is 29.1 Å². The van der Waals surface area contributed by atoms with E-state index in [2.05, 4.69) is 9.47 Å². The molecule has 0 heterocycles. The average molecular weight is 270 g/mol. The van der Waals surface area contributed by atoms with Gasteiger partial charge in [0.05, 0.1) is 0 Å². The second kappa shape index (κ2) is 8.74. The second-order valence-corrected chi connectivity index (χ2v) is 3.25. The third-order valence-corrected chi connectivity index (χ3v) is 1.94. The van der Waals surface area contributed by atoms with Crippen LogP contribution < -0.4 is 0 Å². The van der Waals surface area contributed by atoms with Crippen LogP contribution in [-0.4, -0.2) is 55.1 Å². The number of ether oxygens (including phenoxy) is 2. The number of amides is 2. The van der Waals surface area contributed by atoms with Gasteiger partial charge in [0.2, 0.25) is 0 Å². The Labute approximate surface area is 101 Å². The summed E-state index contributed by atoms with van der Waals surface area (Å²) in [6, 6.07) is 0. The summed E-state index contributed by atoms with van der Waals surface area (Å²) in [5.41, 5.74) is 0. The first kappa shape index (κ1) is 15.6. The topological polar surface area (TPSA) is 79.7 Å². The molecule has 0 aromatic heterocycles. The normalized spacial score (nSPS) is 9.59. The number of nitrogens with zero attached hydrogens (tertiary/aromatic N) is 1. The van der Waals surface area contributed by atoms with E-state index >= 15 is 0 Å². The summed E-state index contributed by atoms with van der Waals surface area (Å²) in [6.07, 6.45) is -1.02. The molecule has 0 aliphatic rings. The molecule has 0 aromatic carbocycles. The molecule has 0 rings (SSSR count). The van der Waals surface area contributed by atoms with Gasteiger partial charge in [0.25, 0.3) is 0 Å². The van der Waals surface area contributed by atoms with E-state index in [1.807, 2.05) is 0 Å². The molecule has 0 fully saturated rings. The van der Waals surface area contributed by atoms with Gasteiger partial charge in [-0.05, 0) is 6.26 Å². The zero-order chi connectivity index (χ0) is 13.3. The van der Waals surface area contributed by atoms with Crippen molar-refractivity contribution in [3.05, 3.63) is 0 Å². The Kier molecular flexibility index (Phi) is 8.03. The maximum Gasteiger partial charge on any atom is 0.425 e. The number of imide groups is 1. The number of rotatable bonds is 4. The number of halogens is 2. The van der Waals surface area contributed by atoms with Crippen molar-refractivity contribution in [3.63, 3.8) is 0 Å². The molecule has 0 atom stereocenters. The van der Waals surface area contributed by atoms with Gasteiger partial charge < -0.3 is 9.47 Å². The van der Waals surface area contributed by atoms with Gasteiger partial charge >= 0.3 is 12.2 Å². The molecule has 98 valence electrons. The van der Waals surface area contributed by atoms with E-state index in [-0.39, 0.29) is 4.90 Å². The lowest BCUT2D eigenvalue weighted by Gasteiger charge is -2.18. The summed E-state index contributed by atoms with van der Waals surface area (Å²) in [5, 5.41) is 6.87.